The summed E-state index contributed by atoms with van der Waals surface area (Å²) in [5, 5.41) is 15.3. The Morgan fingerprint density at radius 3 is 2.30 bits per heavy atom. The maximum Gasteiger partial charge on any atom is 0.408 e. The van der Waals surface area contributed by atoms with Gasteiger partial charge in [-0.25, -0.2) is 4.79 Å². The second kappa shape index (κ2) is 14.4. The highest BCUT2D eigenvalue weighted by Gasteiger charge is 2.36. The van der Waals surface area contributed by atoms with E-state index in [0.717, 1.165) is 6.42 Å². The number of methoxy groups -OCH3 is 1. The van der Waals surface area contributed by atoms with Gasteiger partial charge in [0.2, 0.25) is 11.8 Å². The normalized spacial score (nSPS) is 12.9. The zero-order valence-electron chi connectivity index (χ0n) is 23.3. The highest BCUT2D eigenvalue weighted by molar-refractivity contribution is 5.93. The first kappa shape index (κ1) is 31.7. The number of hydrogen-bond donors (Lipinski definition) is 3. The SMILES string of the molecule is CCCCN(C(=O)C(CC(C)C)NC(=O)OC(C)(C)C)C(C(=O)NCC(=O)OC)c1ccc(O)c(C)c1. The van der Waals surface area contributed by atoms with Gasteiger partial charge >= 0.3 is 12.1 Å². The van der Waals surface area contributed by atoms with Crippen LogP contribution in [0, 0.1) is 12.8 Å². The lowest BCUT2D eigenvalue weighted by atomic mass is 9.97. The van der Waals surface area contributed by atoms with Crippen molar-refractivity contribution in [2.45, 2.75) is 85.4 Å². The van der Waals surface area contributed by atoms with E-state index < -0.39 is 41.6 Å². The Labute approximate surface area is 220 Å². The number of carbonyl (C=O) groups excluding carboxylic acids is 4. The number of esters is 1. The quantitative estimate of drug-likeness (QED) is 0.358. The van der Waals surface area contributed by atoms with E-state index >= 15 is 0 Å². The van der Waals surface area contributed by atoms with Gasteiger partial charge in [-0.3, -0.25) is 14.4 Å². The minimum absolute atomic E-state index is 0.0492. The van der Waals surface area contributed by atoms with Crippen LogP contribution < -0.4 is 10.6 Å². The summed E-state index contributed by atoms with van der Waals surface area (Å²) >= 11 is 0. The molecule has 3 N–H and O–H groups in total. The molecule has 0 aliphatic heterocycles. The Morgan fingerprint density at radius 2 is 1.78 bits per heavy atom. The number of ether oxygens (including phenoxy) is 2. The van der Waals surface area contributed by atoms with Crippen molar-refractivity contribution in [1.82, 2.24) is 15.5 Å². The lowest BCUT2D eigenvalue weighted by Gasteiger charge is -2.35. The second-order valence-electron chi connectivity index (χ2n) is 10.5. The molecule has 0 aliphatic carbocycles. The molecule has 208 valence electrons. The molecule has 1 rings (SSSR count). The predicted molar refractivity (Wildman–Crippen MR) is 140 cm³/mol. The number of carbonyl (C=O) groups is 4. The Balaban J connectivity index is 3.51. The lowest BCUT2D eigenvalue weighted by Crippen LogP contribution is -2.54. The van der Waals surface area contributed by atoms with Crippen LogP contribution in [0.15, 0.2) is 18.2 Å². The molecule has 1 aromatic carbocycles. The number of amides is 3. The number of hydrogen-bond acceptors (Lipinski definition) is 7. The Hall–Kier alpha value is -3.30. The van der Waals surface area contributed by atoms with Crippen molar-refractivity contribution in [3.05, 3.63) is 29.3 Å². The van der Waals surface area contributed by atoms with Crippen molar-refractivity contribution in [3.63, 3.8) is 0 Å². The number of nitrogens with zero attached hydrogens (tertiary/aromatic N) is 1. The zero-order chi connectivity index (χ0) is 28.3. The van der Waals surface area contributed by atoms with Gasteiger partial charge < -0.3 is 30.1 Å². The molecule has 0 fully saturated rings. The van der Waals surface area contributed by atoms with Crippen LogP contribution in [0.3, 0.4) is 0 Å². The van der Waals surface area contributed by atoms with Crippen LogP contribution in [-0.4, -0.2) is 65.7 Å². The van der Waals surface area contributed by atoms with Gasteiger partial charge in [-0.15, -0.1) is 0 Å². The Bertz CT molecular complexity index is 940. The third-order valence-corrected chi connectivity index (χ3v) is 5.46. The summed E-state index contributed by atoms with van der Waals surface area (Å²) in [6.45, 7) is 12.6. The standard InChI is InChI=1S/C27H43N3O7/c1-9-10-13-30(25(34)20(14-17(2)3)29-26(35)37-27(5,6)7)23(24(33)28-16-22(32)36-8)19-11-12-21(31)18(4)15-19/h11-12,15,17,20,23,31H,9-10,13-14,16H2,1-8H3,(H,28,33)(H,29,35). The van der Waals surface area contributed by atoms with E-state index in [4.69, 9.17) is 4.74 Å². The van der Waals surface area contributed by atoms with Gasteiger partial charge in [0.25, 0.3) is 0 Å². The van der Waals surface area contributed by atoms with Crippen LogP contribution in [0.1, 0.15) is 78.0 Å². The van der Waals surface area contributed by atoms with Crippen LogP contribution in [0.25, 0.3) is 0 Å². The highest BCUT2D eigenvalue weighted by atomic mass is 16.6. The first-order chi connectivity index (χ1) is 17.2. The van der Waals surface area contributed by atoms with Crippen molar-refractivity contribution >= 4 is 23.9 Å². The molecule has 0 aliphatic rings. The number of phenols is 1. The maximum atomic E-state index is 14.0. The van der Waals surface area contributed by atoms with Crippen LogP contribution in [0.5, 0.6) is 5.75 Å². The van der Waals surface area contributed by atoms with Crippen molar-refractivity contribution in [2.75, 3.05) is 20.2 Å². The number of benzene rings is 1. The molecule has 10 heteroatoms. The van der Waals surface area contributed by atoms with Crippen molar-refractivity contribution in [3.8, 4) is 5.75 Å². The summed E-state index contributed by atoms with van der Waals surface area (Å²) in [5.41, 5.74) is 0.233. The molecule has 0 radical (unpaired) electrons. The molecule has 1 aromatic rings. The molecule has 0 heterocycles. The average Bonchev–Trinajstić information content (AvgIpc) is 2.79. The van der Waals surface area contributed by atoms with E-state index in [9.17, 15) is 24.3 Å². The third-order valence-electron chi connectivity index (χ3n) is 5.46. The molecule has 10 nitrogen and oxygen atoms in total. The second-order valence-corrected chi connectivity index (χ2v) is 10.5. The van der Waals surface area contributed by atoms with Gasteiger partial charge in [0, 0.05) is 6.54 Å². The number of aryl methyl sites for hydroxylation is 1. The van der Waals surface area contributed by atoms with E-state index in [1.807, 2.05) is 20.8 Å². The minimum atomic E-state index is -1.11. The molecule has 3 amide bonds. The van der Waals surface area contributed by atoms with E-state index in [-0.39, 0.29) is 24.8 Å². The lowest BCUT2D eigenvalue weighted by molar-refractivity contribution is -0.145. The number of alkyl carbamates (subject to hydrolysis) is 1. The number of rotatable bonds is 12. The van der Waals surface area contributed by atoms with Crippen molar-refractivity contribution < 1.29 is 33.8 Å². The van der Waals surface area contributed by atoms with Gasteiger partial charge in [-0.1, -0.05) is 33.3 Å². The summed E-state index contributed by atoms with van der Waals surface area (Å²) in [4.78, 5) is 53.1. The summed E-state index contributed by atoms with van der Waals surface area (Å²) in [6.07, 6.45) is 0.952. The van der Waals surface area contributed by atoms with Gasteiger partial charge in [0.1, 0.15) is 30.0 Å². The molecule has 2 unspecified atom stereocenters. The van der Waals surface area contributed by atoms with Gasteiger partial charge in [0.05, 0.1) is 7.11 Å². The molecule has 0 bridgehead atoms. The maximum absolute atomic E-state index is 14.0. The van der Waals surface area contributed by atoms with E-state index in [1.165, 1.54) is 18.1 Å². The van der Waals surface area contributed by atoms with Gasteiger partial charge in [-0.05, 0) is 69.7 Å². The summed E-state index contributed by atoms with van der Waals surface area (Å²) < 4.78 is 10.0. The molecule has 0 saturated carbocycles. The van der Waals surface area contributed by atoms with E-state index in [0.29, 0.717) is 24.0 Å². The van der Waals surface area contributed by atoms with Gasteiger partial charge in [0.15, 0.2) is 0 Å². The molecular formula is C27H43N3O7. The number of nitrogens with one attached hydrogen (secondary N) is 2. The third kappa shape index (κ3) is 10.7. The van der Waals surface area contributed by atoms with Gasteiger partial charge in [-0.2, -0.15) is 0 Å². The van der Waals surface area contributed by atoms with Crippen molar-refractivity contribution in [2.24, 2.45) is 5.92 Å². The number of aromatic hydroxyl groups is 1. The Morgan fingerprint density at radius 1 is 1.14 bits per heavy atom. The molecule has 2 atom stereocenters. The summed E-state index contributed by atoms with van der Waals surface area (Å²) in [5.74, 6) is -1.56. The first-order valence-corrected chi connectivity index (χ1v) is 12.6. The first-order valence-electron chi connectivity index (χ1n) is 12.6. The molecule has 0 saturated heterocycles. The summed E-state index contributed by atoms with van der Waals surface area (Å²) in [6, 6.07) is 2.59. The van der Waals surface area contributed by atoms with E-state index in [1.54, 1.807) is 39.8 Å². The molecule has 37 heavy (non-hydrogen) atoms. The summed E-state index contributed by atoms with van der Waals surface area (Å²) in [7, 11) is 1.21. The minimum Gasteiger partial charge on any atom is -0.508 e. The van der Waals surface area contributed by atoms with Crippen LogP contribution >= 0.6 is 0 Å². The topological polar surface area (TPSA) is 134 Å². The fourth-order valence-electron chi connectivity index (χ4n) is 3.69. The molecule has 0 spiro atoms. The number of unbranched alkanes of at least 4 members (excludes halogenated alkanes) is 1. The monoisotopic (exact) mass is 521 g/mol. The fourth-order valence-corrected chi connectivity index (χ4v) is 3.69. The molecule has 0 aromatic heterocycles. The highest BCUT2D eigenvalue weighted by Crippen LogP contribution is 2.28. The Kier molecular flexibility index (Phi) is 12.4. The van der Waals surface area contributed by atoms with E-state index in [2.05, 4.69) is 15.4 Å². The van der Waals surface area contributed by atoms with Crippen LogP contribution in [-0.2, 0) is 23.9 Å². The van der Waals surface area contributed by atoms with Crippen LogP contribution in [0.2, 0.25) is 0 Å². The van der Waals surface area contributed by atoms with Crippen molar-refractivity contribution in [1.29, 1.82) is 0 Å². The largest absolute Gasteiger partial charge is 0.508 e. The predicted octanol–water partition coefficient (Wildman–Crippen LogP) is 3.60. The fraction of sp³-hybridized carbons (Fsp3) is 0.630. The average molecular weight is 522 g/mol. The zero-order valence-corrected chi connectivity index (χ0v) is 23.3. The van der Waals surface area contributed by atoms with Crippen LogP contribution in [0.4, 0.5) is 4.79 Å². The molecular weight excluding hydrogens is 478 g/mol. The smallest absolute Gasteiger partial charge is 0.408 e. The number of phenolic OH excluding ortho intramolecular Hbond substituents is 1.